The summed E-state index contributed by atoms with van der Waals surface area (Å²) in [6.07, 6.45) is -1.02. The smallest absolute Gasteiger partial charge is 0.432 e. The zero-order valence-corrected chi connectivity index (χ0v) is 17.7. The van der Waals surface area contributed by atoms with E-state index in [4.69, 9.17) is 20.6 Å². The fourth-order valence-electron chi connectivity index (χ4n) is 2.84. The number of hydrogen-bond acceptors (Lipinski definition) is 4. The fourth-order valence-corrected chi connectivity index (χ4v) is 3.22. The molecule has 0 aliphatic heterocycles. The van der Waals surface area contributed by atoms with E-state index >= 15 is 0 Å². The van der Waals surface area contributed by atoms with Crippen molar-refractivity contribution in [1.82, 2.24) is 0 Å². The standard InChI is InChI=1S/C22H20BrF3O4/c1-3-13-29-15-19(17-11-9-16(14-23)10-12-17)30-20(27)21(28-2,22(24,25)26)18-7-5-4-6-8-18/h1,4-12,19H,13-15H2,2H3/t19-,21+/m0/s1. The van der Waals surface area contributed by atoms with Gasteiger partial charge in [0.25, 0.3) is 5.60 Å². The van der Waals surface area contributed by atoms with Crippen molar-refractivity contribution in [2.24, 2.45) is 0 Å². The Labute approximate surface area is 181 Å². The molecule has 0 amide bonds. The molecule has 0 aliphatic carbocycles. The van der Waals surface area contributed by atoms with E-state index in [1.165, 1.54) is 18.2 Å². The number of rotatable bonds is 9. The van der Waals surface area contributed by atoms with Gasteiger partial charge in [-0.1, -0.05) is 76.4 Å². The Morgan fingerprint density at radius 2 is 1.77 bits per heavy atom. The van der Waals surface area contributed by atoms with Gasteiger partial charge in [0.1, 0.15) is 6.61 Å². The van der Waals surface area contributed by atoms with Gasteiger partial charge in [-0.25, -0.2) is 4.79 Å². The van der Waals surface area contributed by atoms with Gasteiger partial charge in [-0.15, -0.1) is 6.42 Å². The van der Waals surface area contributed by atoms with Crippen LogP contribution in [0.5, 0.6) is 0 Å². The Balaban J connectivity index is 2.42. The Morgan fingerprint density at radius 1 is 1.13 bits per heavy atom. The molecule has 0 bridgehead atoms. The Kier molecular flexibility index (Phi) is 8.47. The summed E-state index contributed by atoms with van der Waals surface area (Å²) in [5.41, 5.74) is -2.26. The summed E-state index contributed by atoms with van der Waals surface area (Å²) in [6.45, 7) is -0.295. The molecule has 0 fully saturated rings. The normalized spacial score (nSPS) is 14.4. The SMILES string of the molecule is C#CCOC[C@H](OC(=O)[C@](OC)(c1ccccc1)C(F)(F)F)c1ccc(CBr)cc1. The molecule has 0 radical (unpaired) electrons. The summed E-state index contributed by atoms with van der Waals surface area (Å²) in [5.74, 6) is 0.669. The van der Waals surface area contributed by atoms with E-state index in [2.05, 4.69) is 21.9 Å². The van der Waals surface area contributed by atoms with Gasteiger partial charge in [-0.2, -0.15) is 13.2 Å². The van der Waals surface area contributed by atoms with Crippen LogP contribution < -0.4 is 0 Å². The molecule has 0 heterocycles. The number of esters is 1. The van der Waals surface area contributed by atoms with Crippen molar-refractivity contribution < 1.29 is 32.2 Å². The second-order valence-electron chi connectivity index (χ2n) is 6.24. The van der Waals surface area contributed by atoms with Crippen molar-refractivity contribution in [2.45, 2.75) is 23.2 Å². The molecule has 2 rings (SSSR count). The van der Waals surface area contributed by atoms with Gasteiger partial charge in [0.05, 0.1) is 6.61 Å². The molecular weight excluding hydrogens is 465 g/mol. The minimum absolute atomic E-state index is 0.0824. The topological polar surface area (TPSA) is 44.8 Å². The fraction of sp³-hybridized carbons (Fsp3) is 0.318. The molecule has 2 aromatic rings. The van der Waals surface area contributed by atoms with E-state index in [0.29, 0.717) is 10.9 Å². The minimum atomic E-state index is -5.07. The number of alkyl halides is 4. The molecule has 30 heavy (non-hydrogen) atoms. The first-order valence-electron chi connectivity index (χ1n) is 8.84. The number of halogens is 4. The van der Waals surface area contributed by atoms with Crippen LogP contribution in [-0.2, 0) is 29.9 Å². The molecule has 8 heteroatoms. The maximum Gasteiger partial charge on any atom is 0.432 e. The third kappa shape index (κ3) is 5.22. The van der Waals surface area contributed by atoms with E-state index in [1.807, 2.05) is 0 Å². The molecule has 2 aromatic carbocycles. The third-order valence-electron chi connectivity index (χ3n) is 4.38. The first-order chi connectivity index (χ1) is 14.3. The van der Waals surface area contributed by atoms with Crippen LogP contribution in [-0.4, -0.2) is 32.5 Å². The summed E-state index contributed by atoms with van der Waals surface area (Å²) >= 11 is 3.32. The maximum atomic E-state index is 14.1. The number of hydrogen-bond donors (Lipinski definition) is 0. The lowest BCUT2D eigenvalue weighted by Crippen LogP contribution is -2.52. The van der Waals surface area contributed by atoms with Gasteiger partial charge in [-0.3, -0.25) is 0 Å². The summed E-state index contributed by atoms with van der Waals surface area (Å²) in [7, 11) is 0.816. The Hall–Kier alpha value is -2.34. The average Bonchev–Trinajstić information content (AvgIpc) is 2.74. The summed E-state index contributed by atoms with van der Waals surface area (Å²) in [4.78, 5) is 12.9. The molecule has 2 atom stereocenters. The monoisotopic (exact) mass is 484 g/mol. The van der Waals surface area contributed by atoms with Crippen LogP contribution >= 0.6 is 15.9 Å². The van der Waals surface area contributed by atoms with Gasteiger partial charge in [0.2, 0.25) is 0 Å². The van der Waals surface area contributed by atoms with Crippen molar-refractivity contribution in [3.63, 3.8) is 0 Å². The second-order valence-corrected chi connectivity index (χ2v) is 6.80. The molecule has 4 nitrogen and oxygen atoms in total. The molecule has 0 N–H and O–H groups in total. The number of terminal acetylenes is 1. The molecular formula is C22H20BrF3O4. The maximum absolute atomic E-state index is 14.1. The van der Waals surface area contributed by atoms with Crippen molar-refractivity contribution >= 4 is 21.9 Å². The van der Waals surface area contributed by atoms with Gasteiger partial charge in [-0.05, 0) is 11.1 Å². The highest BCUT2D eigenvalue weighted by atomic mass is 79.9. The number of carbonyl (C=O) groups is 1. The van der Waals surface area contributed by atoms with E-state index in [9.17, 15) is 18.0 Å². The largest absolute Gasteiger partial charge is 0.452 e. The third-order valence-corrected chi connectivity index (χ3v) is 5.03. The molecule has 0 aliphatic rings. The number of carbonyl (C=O) groups excluding carboxylic acids is 1. The number of ether oxygens (including phenoxy) is 3. The molecule has 0 saturated heterocycles. The lowest BCUT2D eigenvalue weighted by atomic mass is 9.92. The minimum Gasteiger partial charge on any atom is -0.452 e. The van der Waals surface area contributed by atoms with E-state index < -0.39 is 23.9 Å². The highest BCUT2D eigenvalue weighted by Crippen LogP contribution is 2.43. The van der Waals surface area contributed by atoms with Crippen LogP contribution in [0.25, 0.3) is 0 Å². The number of benzene rings is 2. The first kappa shape index (κ1) is 23.9. The highest BCUT2D eigenvalue weighted by molar-refractivity contribution is 9.08. The van der Waals surface area contributed by atoms with Gasteiger partial charge in [0, 0.05) is 18.0 Å². The molecule has 0 spiro atoms. The second kappa shape index (κ2) is 10.6. The lowest BCUT2D eigenvalue weighted by molar-refractivity contribution is -0.279. The zero-order valence-electron chi connectivity index (χ0n) is 16.1. The summed E-state index contributed by atoms with van der Waals surface area (Å²) in [6, 6.07) is 13.4. The Bertz CT molecular complexity index is 863. The van der Waals surface area contributed by atoms with Crippen molar-refractivity contribution in [3.05, 3.63) is 71.3 Å². The molecule has 0 unspecified atom stereocenters. The molecule has 0 aromatic heterocycles. The van der Waals surface area contributed by atoms with E-state index in [0.717, 1.165) is 24.8 Å². The molecule has 160 valence electrons. The van der Waals surface area contributed by atoms with E-state index in [-0.39, 0.29) is 18.8 Å². The van der Waals surface area contributed by atoms with Gasteiger partial charge >= 0.3 is 12.1 Å². The van der Waals surface area contributed by atoms with Crippen LogP contribution in [0.1, 0.15) is 22.8 Å². The predicted molar refractivity (Wildman–Crippen MR) is 109 cm³/mol. The predicted octanol–water partition coefficient (Wildman–Crippen LogP) is 4.92. The van der Waals surface area contributed by atoms with Crippen LogP contribution in [0.4, 0.5) is 13.2 Å². The van der Waals surface area contributed by atoms with Gasteiger partial charge in [0.15, 0.2) is 6.10 Å². The summed E-state index contributed by atoms with van der Waals surface area (Å²) in [5, 5.41) is 0.597. The number of methoxy groups -OCH3 is 1. The first-order valence-corrected chi connectivity index (χ1v) is 9.96. The van der Waals surface area contributed by atoms with E-state index in [1.54, 1.807) is 24.3 Å². The lowest BCUT2D eigenvalue weighted by Gasteiger charge is -2.33. The van der Waals surface area contributed by atoms with Crippen LogP contribution in [0.2, 0.25) is 0 Å². The van der Waals surface area contributed by atoms with Crippen LogP contribution in [0, 0.1) is 12.3 Å². The Morgan fingerprint density at radius 3 is 2.27 bits per heavy atom. The van der Waals surface area contributed by atoms with Gasteiger partial charge < -0.3 is 14.2 Å². The molecule has 0 saturated carbocycles. The van der Waals surface area contributed by atoms with Crippen molar-refractivity contribution in [1.29, 1.82) is 0 Å². The average molecular weight is 485 g/mol. The quantitative estimate of drug-likeness (QED) is 0.219. The summed E-state index contributed by atoms with van der Waals surface area (Å²) < 4.78 is 57.6. The van der Waals surface area contributed by atoms with Crippen LogP contribution in [0.3, 0.4) is 0 Å². The highest BCUT2D eigenvalue weighted by Gasteiger charge is 2.64. The van der Waals surface area contributed by atoms with Crippen LogP contribution in [0.15, 0.2) is 54.6 Å². The van der Waals surface area contributed by atoms with Crippen molar-refractivity contribution in [3.8, 4) is 12.3 Å². The zero-order chi connectivity index (χ0) is 22.2. The van der Waals surface area contributed by atoms with Crippen molar-refractivity contribution in [2.75, 3.05) is 20.3 Å².